The smallest absolute Gasteiger partial charge is 0.396 e. The Morgan fingerprint density at radius 2 is 1.89 bits per heavy atom. The van der Waals surface area contributed by atoms with Crippen LogP contribution in [0.2, 0.25) is 0 Å². The SMILES string of the molecule is Cn1c(C(F)(F)F)c(CCCO)c2ccccc21. The average Bonchev–Trinajstić information content (AvgIpc) is 2.60. The second-order valence-corrected chi connectivity index (χ2v) is 4.23. The predicted octanol–water partition coefficient (Wildman–Crippen LogP) is 3.12. The molecule has 0 aliphatic rings. The van der Waals surface area contributed by atoms with Crippen LogP contribution in [0.3, 0.4) is 0 Å². The summed E-state index contributed by atoms with van der Waals surface area (Å²) in [6.45, 7) is -0.111. The van der Waals surface area contributed by atoms with E-state index in [0.717, 1.165) is 0 Å². The molecular formula is C13H14F3NO. The van der Waals surface area contributed by atoms with E-state index >= 15 is 0 Å². The minimum atomic E-state index is -4.38. The van der Waals surface area contributed by atoms with Crippen LogP contribution in [0.25, 0.3) is 10.9 Å². The van der Waals surface area contributed by atoms with Crippen molar-refractivity contribution in [2.45, 2.75) is 19.0 Å². The van der Waals surface area contributed by atoms with Gasteiger partial charge in [-0.25, -0.2) is 0 Å². The predicted molar refractivity (Wildman–Crippen MR) is 63.3 cm³/mol. The van der Waals surface area contributed by atoms with Gasteiger partial charge < -0.3 is 9.67 Å². The number of aliphatic hydroxyl groups is 1. The molecule has 1 N–H and O–H groups in total. The summed E-state index contributed by atoms with van der Waals surface area (Å²) in [5.74, 6) is 0. The minimum absolute atomic E-state index is 0.111. The molecule has 0 saturated carbocycles. The number of fused-ring (bicyclic) bond motifs is 1. The zero-order valence-electron chi connectivity index (χ0n) is 9.96. The Kier molecular flexibility index (Phi) is 3.34. The second-order valence-electron chi connectivity index (χ2n) is 4.23. The molecule has 1 aromatic carbocycles. The number of aliphatic hydroxyl groups excluding tert-OH is 1. The van der Waals surface area contributed by atoms with E-state index < -0.39 is 11.9 Å². The summed E-state index contributed by atoms with van der Waals surface area (Å²) in [5, 5.41) is 9.42. The summed E-state index contributed by atoms with van der Waals surface area (Å²) < 4.78 is 40.5. The van der Waals surface area contributed by atoms with Crippen LogP contribution in [0.4, 0.5) is 13.2 Å². The molecule has 0 fully saturated rings. The van der Waals surface area contributed by atoms with Gasteiger partial charge in [-0.1, -0.05) is 18.2 Å². The first-order valence-electron chi connectivity index (χ1n) is 5.71. The van der Waals surface area contributed by atoms with Gasteiger partial charge in [-0.3, -0.25) is 0 Å². The molecule has 0 radical (unpaired) electrons. The summed E-state index contributed by atoms with van der Waals surface area (Å²) in [5.41, 5.74) is 0.226. The third kappa shape index (κ3) is 2.10. The van der Waals surface area contributed by atoms with Crippen LogP contribution in [-0.2, 0) is 19.6 Å². The van der Waals surface area contributed by atoms with Gasteiger partial charge in [0.1, 0.15) is 5.69 Å². The van der Waals surface area contributed by atoms with Crippen molar-refractivity contribution in [2.24, 2.45) is 7.05 Å². The second kappa shape index (κ2) is 4.65. The van der Waals surface area contributed by atoms with Crippen LogP contribution >= 0.6 is 0 Å². The van der Waals surface area contributed by atoms with Crippen LogP contribution in [0.15, 0.2) is 24.3 Å². The lowest BCUT2D eigenvalue weighted by atomic mass is 10.1. The van der Waals surface area contributed by atoms with Crippen molar-refractivity contribution in [3.8, 4) is 0 Å². The fourth-order valence-corrected chi connectivity index (χ4v) is 2.34. The number of alkyl halides is 3. The highest BCUT2D eigenvalue weighted by Gasteiger charge is 2.37. The highest BCUT2D eigenvalue weighted by molar-refractivity contribution is 5.85. The molecule has 1 heterocycles. The quantitative estimate of drug-likeness (QED) is 0.898. The first-order valence-corrected chi connectivity index (χ1v) is 5.71. The van der Waals surface area contributed by atoms with Gasteiger partial charge in [-0.05, 0) is 24.5 Å². The number of hydrogen-bond acceptors (Lipinski definition) is 1. The number of aromatic nitrogens is 1. The van der Waals surface area contributed by atoms with Crippen molar-refractivity contribution < 1.29 is 18.3 Å². The zero-order valence-corrected chi connectivity index (χ0v) is 9.96. The van der Waals surface area contributed by atoms with Crippen LogP contribution in [0, 0.1) is 0 Å². The Labute approximate surface area is 103 Å². The van der Waals surface area contributed by atoms with Crippen molar-refractivity contribution in [3.05, 3.63) is 35.5 Å². The molecule has 0 spiro atoms. The standard InChI is InChI=1S/C13H14F3NO/c1-17-11-7-3-2-5-9(11)10(6-4-8-18)12(17)13(14,15)16/h2-3,5,7,18H,4,6,8H2,1H3. The highest BCUT2D eigenvalue weighted by Crippen LogP contribution is 2.37. The van der Waals surface area contributed by atoms with Gasteiger partial charge in [0.05, 0.1) is 0 Å². The highest BCUT2D eigenvalue weighted by atomic mass is 19.4. The number of halogens is 3. The van der Waals surface area contributed by atoms with E-state index in [1.54, 1.807) is 24.3 Å². The lowest BCUT2D eigenvalue weighted by Crippen LogP contribution is -2.13. The zero-order chi connectivity index (χ0) is 13.3. The lowest BCUT2D eigenvalue weighted by Gasteiger charge is -2.11. The Hall–Kier alpha value is -1.49. The van der Waals surface area contributed by atoms with Crippen LogP contribution < -0.4 is 0 Å². The van der Waals surface area contributed by atoms with Crippen molar-refractivity contribution >= 4 is 10.9 Å². The summed E-state index contributed by atoms with van der Waals surface area (Å²) in [4.78, 5) is 0. The Balaban J connectivity index is 2.69. The molecule has 0 aliphatic carbocycles. The molecule has 5 heteroatoms. The molecular weight excluding hydrogens is 243 g/mol. The molecule has 0 aliphatic heterocycles. The van der Waals surface area contributed by atoms with Gasteiger partial charge in [0.15, 0.2) is 0 Å². The molecule has 18 heavy (non-hydrogen) atoms. The monoisotopic (exact) mass is 257 g/mol. The van der Waals surface area contributed by atoms with Crippen LogP contribution in [0.1, 0.15) is 17.7 Å². The van der Waals surface area contributed by atoms with Crippen LogP contribution in [0.5, 0.6) is 0 Å². The molecule has 2 aromatic rings. The van der Waals surface area contributed by atoms with E-state index in [9.17, 15) is 13.2 Å². The molecule has 1 aromatic heterocycles. The molecule has 2 rings (SSSR count). The maximum Gasteiger partial charge on any atom is 0.431 e. The van der Waals surface area contributed by atoms with E-state index in [4.69, 9.17) is 5.11 Å². The van der Waals surface area contributed by atoms with Gasteiger partial charge in [-0.2, -0.15) is 13.2 Å². The van der Waals surface area contributed by atoms with Crippen molar-refractivity contribution in [1.29, 1.82) is 0 Å². The largest absolute Gasteiger partial charge is 0.431 e. The van der Waals surface area contributed by atoms with E-state index in [2.05, 4.69) is 0 Å². The number of rotatable bonds is 3. The molecule has 0 atom stereocenters. The van der Waals surface area contributed by atoms with Crippen LogP contribution in [-0.4, -0.2) is 16.3 Å². The number of para-hydroxylation sites is 1. The van der Waals surface area contributed by atoms with Crippen molar-refractivity contribution in [3.63, 3.8) is 0 Å². The Morgan fingerprint density at radius 1 is 1.22 bits per heavy atom. The fourth-order valence-electron chi connectivity index (χ4n) is 2.34. The Morgan fingerprint density at radius 3 is 2.50 bits per heavy atom. The topological polar surface area (TPSA) is 25.2 Å². The average molecular weight is 257 g/mol. The Bertz CT molecular complexity index is 557. The maximum atomic E-state index is 13.1. The molecule has 0 unspecified atom stereocenters. The van der Waals surface area contributed by atoms with Gasteiger partial charge in [-0.15, -0.1) is 0 Å². The molecule has 0 bridgehead atoms. The fraction of sp³-hybridized carbons (Fsp3) is 0.385. The molecule has 98 valence electrons. The summed E-state index contributed by atoms with van der Waals surface area (Å²) in [6, 6.07) is 6.81. The lowest BCUT2D eigenvalue weighted by molar-refractivity contribution is -0.143. The summed E-state index contributed by atoms with van der Waals surface area (Å²) >= 11 is 0. The van der Waals surface area contributed by atoms with E-state index in [0.29, 0.717) is 17.3 Å². The molecule has 0 saturated heterocycles. The van der Waals surface area contributed by atoms with E-state index in [1.807, 2.05) is 0 Å². The molecule has 0 amide bonds. The number of nitrogens with zero attached hydrogens (tertiary/aromatic N) is 1. The summed E-state index contributed by atoms with van der Waals surface area (Å²) in [6.07, 6.45) is -3.82. The van der Waals surface area contributed by atoms with Gasteiger partial charge in [0.25, 0.3) is 0 Å². The maximum absolute atomic E-state index is 13.1. The minimum Gasteiger partial charge on any atom is -0.396 e. The van der Waals surface area contributed by atoms with E-state index in [-0.39, 0.29) is 18.6 Å². The third-order valence-electron chi connectivity index (χ3n) is 3.07. The molecule has 2 nitrogen and oxygen atoms in total. The number of hydrogen-bond donors (Lipinski definition) is 1. The number of benzene rings is 1. The summed E-state index contributed by atoms with van der Waals surface area (Å²) in [7, 11) is 1.42. The third-order valence-corrected chi connectivity index (χ3v) is 3.07. The van der Waals surface area contributed by atoms with E-state index in [1.165, 1.54) is 11.6 Å². The first-order chi connectivity index (χ1) is 8.46. The van der Waals surface area contributed by atoms with Crippen molar-refractivity contribution in [1.82, 2.24) is 4.57 Å². The normalized spacial score (nSPS) is 12.3. The number of aryl methyl sites for hydroxylation is 2. The van der Waals surface area contributed by atoms with Gasteiger partial charge in [0.2, 0.25) is 0 Å². The van der Waals surface area contributed by atoms with Crippen molar-refractivity contribution in [2.75, 3.05) is 6.61 Å². The first kappa shape index (κ1) is 13.0. The van der Waals surface area contributed by atoms with Gasteiger partial charge >= 0.3 is 6.18 Å². The van der Waals surface area contributed by atoms with Gasteiger partial charge in [0, 0.05) is 24.6 Å².